The molecule has 1 saturated heterocycles. The van der Waals surface area contributed by atoms with E-state index in [4.69, 9.17) is 20.9 Å². The Bertz CT molecular complexity index is 726. The first-order valence-corrected chi connectivity index (χ1v) is 7.98. The minimum atomic E-state index is -3.83. The van der Waals surface area contributed by atoms with Crippen LogP contribution in [-0.2, 0) is 14.3 Å². The van der Waals surface area contributed by atoms with Crippen molar-refractivity contribution < 1.29 is 28.2 Å². The van der Waals surface area contributed by atoms with Gasteiger partial charge >= 0.3 is 17.6 Å². The van der Waals surface area contributed by atoms with Crippen molar-refractivity contribution in [2.24, 2.45) is 11.7 Å². The maximum Gasteiger partial charge on any atom is 0.351 e. The standard InChI is InChI=1S/C15H22F2N4O5/c1-6(2)9(19)12(23)25-7(3)10-11(22)15(16,17)13(26-10)21-5-4-8(18)20-14(21)24/h4-7,9-11,13,22H,19H2,1-3H3,(H2,18,20,24). The third-order valence-corrected chi connectivity index (χ3v) is 4.18. The summed E-state index contributed by atoms with van der Waals surface area (Å²) >= 11 is 0. The van der Waals surface area contributed by atoms with Gasteiger partial charge < -0.3 is 26.0 Å². The molecule has 9 nitrogen and oxygen atoms in total. The Kier molecular flexibility index (Phi) is 5.64. The maximum atomic E-state index is 14.4. The molecule has 0 aliphatic carbocycles. The molecule has 146 valence electrons. The summed E-state index contributed by atoms with van der Waals surface area (Å²) in [7, 11) is 0. The molecule has 0 spiro atoms. The van der Waals surface area contributed by atoms with Gasteiger partial charge in [0, 0.05) is 6.20 Å². The lowest BCUT2D eigenvalue weighted by atomic mass is 10.0. The Labute approximate surface area is 147 Å². The third-order valence-electron chi connectivity index (χ3n) is 4.18. The van der Waals surface area contributed by atoms with Gasteiger partial charge in [0.2, 0.25) is 6.23 Å². The quantitative estimate of drug-likeness (QED) is 0.591. The van der Waals surface area contributed by atoms with Gasteiger partial charge in [-0.1, -0.05) is 13.8 Å². The van der Waals surface area contributed by atoms with Crippen LogP contribution in [0.1, 0.15) is 27.0 Å². The van der Waals surface area contributed by atoms with Crippen molar-refractivity contribution in [1.29, 1.82) is 0 Å². The number of carbonyl (C=O) groups excluding carboxylic acids is 1. The van der Waals surface area contributed by atoms with Crippen LogP contribution in [0.4, 0.5) is 14.6 Å². The van der Waals surface area contributed by atoms with Gasteiger partial charge in [-0.2, -0.15) is 13.8 Å². The van der Waals surface area contributed by atoms with E-state index in [2.05, 4.69) is 4.98 Å². The van der Waals surface area contributed by atoms with Gasteiger partial charge in [0.25, 0.3) is 0 Å². The third kappa shape index (κ3) is 3.69. The van der Waals surface area contributed by atoms with E-state index < -0.39 is 48.2 Å². The number of rotatable bonds is 5. The highest BCUT2D eigenvalue weighted by Gasteiger charge is 2.61. The monoisotopic (exact) mass is 376 g/mol. The number of hydrogen-bond acceptors (Lipinski definition) is 8. The zero-order valence-corrected chi connectivity index (χ0v) is 14.5. The van der Waals surface area contributed by atoms with E-state index in [1.807, 2.05) is 0 Å². The van der Waals surface area contributed by atoms with Crippen LogP contribution in [-0.4, -0.2) is 50.9 Å². The first-order chi connectivity index (χ1) is 12.0. The van der Waals surface area contributed by atoms with E-state index in [1.54, 1.807) is 13.8 Å². The van der Waals surface area contributed by atoms with Crippen molar-refractivity contribution in [3.05, 3.63) is 22.7 Å². The number of nitrogens with two attached hydrogens (primary N) is 2. The Morgan fingerprint density at radius 1 is 1.46 bits per heavy atom. The number of hydrogen-bond donors (Lipinski definition) is 3. The van der Waals surface area contributed by atoms with Crippen LogP contribution >= 0.6 is 0 Å². The number of anilines is 1. The Hall–Kier alpha value is -2.11. The van der Waals surface area contributed by atoms with Crippen LogP contribution in [0, 0.1) is 5.92 Å². The predicted octanol–water partition coefficient (Wildman–Crippen LogP) is -0.366. The van der Waals surface area contributed by atoms with Crippen LogP contribution in [0.15, 0.2) is 17.1 Å². The number of esters is 1. The number of halogens is 2. The number of aliphatic hydroxyl groups excluding tert-OH is 1. The number of nitrogen functional groups attached to an aromatic ring is 1. The lowest BCUT2D eigenvalue weighted by Gasteiger charge is -2.24. The van der Waals surface area contributed by atoms with Gasteiger partial charge in [-0.05, 0) is 18.9 Å². The summed E-state index contributed by atoms with van der Waals surface area (Å²) in [5, 5.41) is 9.97. The minimum absolute atomic E-state index is 0.144. The minimum Gasteiger partial charge on any atom is -0.459 e. The molecule has 26 heavy (non-hydrogen) atoms. The van der Waals surface area contributed by atoms with Gasteiger partial charge in [0.05, 0.1) is 0 Å². The Morgan fingerprint density at radius 3 is 2.62 bits per heavy atom. The fourth-order valence-electron chi connectivity index (χ4n) is 2.50. The molecule has 0 bridgehead atoms. The lowest BCUT2D eigenvalue weighted by Crippen LogP contribution is -2.46. The van der Waals surface area contributed by atoms with E-state index in [9.17, 15) is 23.5 Å². The summed E-state index contributed by atoms with van der Waals surface area (Å²) in [6, 6.07) is 0.197. The second-order valence-electron chi connectivity index (χ2n) is 6.53. The average Bonchev–Trinajstić information content (AvgIpc) is 2.77. The van der Waals surface area contributed by atoms with E-state index in [1.165, 1.54) is 6.92 Å². The number of nitrogens with zero attached hydrogens (tertiary/aromatic N) is 2. The summed E-state index contributed by atoms with van der Waals surface area (Å²) in [4.78, 5) is 27.1. The molecule has 0 aromatic carbocycles. The maximum absolute atomic E-state index is 14.4. The van der Waals surface area contributed by atoms with Gasteiger partial charge in [0.1, 0.15) is 24.1 Å². The van der Waals surface area contributed by atoms with E-state index >= 15 is 0 Å². The zero-order valence-electron chi connectivity index (χ0n) is 14.5. The summed E-state index contributed by atoms with van der Waals surface area (Å²) in [6.45, 7) is 4.69. The van der Waals surface area contributed by atoms with Crippen LogP contribution in [0.3, 0.4) is 0 Å². The molecule has 1 aliphatic heterocycles. The van der Waals surface area contributed by atoms with Gasteiger partial charge in [-0.15, -0.1) is 0 Å². The van der Waals surface area contributed by atoms with Crippen molar-refractivity contribution in [1.82, 2.24) is 9.55 Å². The highest BCUT2D eigenvalue weighted by Crippen LogP contribution is 2.43. The number of carbonyl (C=O) groups is 1. The lowest BCUT2D eigenvalue weighted by molar-refractivity contribution is -0.163. The van der Waals surface area contributed by atoms with Crippen molar-refractivity contribution in [2.45, 2.75) is 57.3 Å². The molecule has 5 atom stereocenters. The van der Waals surface area contributed by atoms with Crippen LogP contribution < -0.4 is 17.2 Å². The molecule has 1 aromatic rings. The molecule has 1 aromatic heterocycles. The van der Waals surface area contributed by atoms with Crippen LogP contribution in [0.5, 0.6) is 0 Å². The Balaban J connectivity index is 2.22. The molecule has 5 N–H and O–H groups in total. The molecular weight excluding hydrogens is 354 g/mol. The molecule has 2 heterocycles. The molecular formula is C15H22F2N4O5. The second kappa shape index (κ2) is 7.25. The number of ether oxygens (including phenoxy) is 2. The first kappa shape index (κ1) is 20.2. The van der Waals surface area contributed by atoms with Crippen molar-refractivity contribution >= 4 is 11.8 Å². The molecule has 5 unspecified atom stereocenters. The number of aliphatic hydroxyl groups is 1. The van der Waals surface area contributed by atoms with Gasteiger partial charge in [-0.3, -0.25) is 9.36 Å². The molecule has 0 radical (unpaired) electrons. The van der Waals surface area contributed by atoms with E-state index in [-0.39, 0.29) is 11.7 Å². The van der Waals surface area contributed by atoms with E-state index in [0.29, 0.717) is 4.57 Å². The zero-order chi connectivity index (χ0) is 19.8. The number of alkyl halides is 2. The molecule has 1 aliphatic rings. The second-order valence-corrected chi connectivity index (χ2v) is 6.53. The molecule has 0 amide bonds. The summed E-state index contributed by atoms with van der Waals surface area (Å²) in [5.74, 6) is -5.00. The Morgan fingerprint density at radius 2 is 2.08 bits per heavy atom. The smallest absolute Gasteiger partial charge is 0.351 e. The van der Waals surface area contributed by atoms with Crippen LogP contribution in [0.25, 0.3) is 0 Å². The number of aromatic nitrogens is 2. The highest BCUT2D eigenvalue weighted by molar-refractivity contribution is 5.76. The van der Waals surface area contributed by atoms with Crippen molar-refractivity contribution in [2.75, 3.05) is 5.73 Å². The van der Waals surface area contributed by atoms with Gasteiger partial charge in [-0.25, -0.2) is 4.79 Å². The van der Waals surface area contributed by atoms with Gasteiger partial charge in [0.15, 0.2) is 6.10 Å². The molecule has 2 rings (SSSR count). The summed E-state index contributed by atoms with van der Waals surface area (Å²) in [5.41, 5.74) is 9.93. The first-order valence-electron chi connectivity index (χ1n) is 7.98. The fraction of sp³-hybridized carbons (Fsp3) is 0.667. The molecule has 1 fully saturated rings. The predicted molar refractivity (Wildman–Crippen MR) is 86.1 cm³/mol. The average molecular weight is 376 g/mol. The normalized spacial score (nSPS) is 27.3. The van der Waals surface area contributed by atoms with Crippen molar-refractivity contribution in [3.63, 3.8) is 0 Å². The summed E-state index contributed by atoms with van der Waals surface area (Å²) < 4.78 is 39.6. The largest absolute Gasteiger partial charge is 0.459 e. The molecule has 0 saturated carbocycles. The van der Waals surface area contributed by atoms with Crippen molar-refractivity contribution in [3.8, 4) is 0 Å². The fourth-order valence-corrected chi connectivity index (χ4v) is 2.50. The SMILES string of the molecule is CC(C)C(N)C(=O)OC(C)C1OC(n2ccc(N)nc2=O)C(F)(F)C1O. The molecule has 11 heteroatoms. The van der Waals surface area contributed by atoms with E-state index in [0.717, 1.165) is 12.3 Å². The van der Waals surface area contributed by atoms with Crippen LogP contribution in [0.2, 0.25) is 0 Å². The highest BCUT2D eigenvalue weighted by atomic mass is 19.3. The summed E-state index contributed by atoms with van der Waals surface area (Å²) in [6.07, 6.45) is -6.24. The topological polar surface area (TPSA) is 143 Å².